The Bertz CT molecular complexity index is 1510. The van der Waals surface area contributed by atoms with Crippen molar-refractivity contribution >= 4 is 27.5 Å². The predicted octanol–water partition coefficient (Wildman–Crippen LogP) is 5.07. The molecule has 2 aromatic carbocycles. The van der Waals surface area contributed by atoms with Crippen LogP contribution in [0.2, 0.25) is 0 Å². The van der Waals surface area contributed by atoms with Crippen LogP contribution in [0.1, 0.15) is 17.9 Å². The lowest BCUT2D eigenvalue weighted by molar-refractivity contribution is 0.0722. The first-order chi connectivity index (χ1) is 17.1. The first kappa shape index (κ1) is 21.6. The lowest BCUT2D eigenvalue weighted by Gasteiger charge is -2.28. The van der Waals surface area contributed by atoms with Gasteiger partial charge in [0.1, 0.15) is 29.6 Å². The number of β-amino-alcohol motifs (C(OH)–C–C–N with tert-alkyl or cyclic N) is 1. The molecule has 8 nitrogen and oxygen atoms in total. The van der Waals surface area contributed by atoms with Crippen LogP contribution >= 0.6 is 0 Å². The molecule has 0 saturated heterocycles. The molecular weight excluding hydrogens is 446 g/mol. The maximum atomic E-state index is 10.6. The smallest absolute Gasteiger partial charge is 0.283 e. The molecule has 0 unspecified atom stereocenters. The van der Waals surface area contributed by atoms with Gasteiger partial charge in [-0.05, 0) is 47.9 Å². The normalized spacial score (nSPS) is 15.5. The second-order valence-corrected chi connectivity index (χ2v) is 8.78. The van der Waals surface area contributed by atoms with Crippen molar-refractivity contribution in [2.24, 2.45) is 0 Å². The standard InChI is InChI=1S/C27H25N3O5/c1-17-28-29-27(34-17)26-14-22-24(3-2-4-25(22)35-26)33-16-21(31)15-30-10-7-18(8-11-30)19-5-6-23-20(13-19)9-12-32-23/h2-7,9,12-14,21,31H,8,10-11,15-16H2,1H3/t21-/m0/s1. The number of aliphatic hydroxyl groups excluding tert-OH is 1. The number of aliphatic hydroxyl groups is 1. The number of nitrogens with zero attached hydrogens (tertiary/aromatic N) is 3. The van der Waals surface area contributed by atoms with Gasteiger partial charge < -0.3 is 23.1 Å². The van der Waals surface area contributed by atoms with E-state index in [2.05, 4.69) is 33.3 Å². The van der Waals surface area contributed by atoms with Gasteiger partial charge in [-0.15, -0.1) is 10.2 Å². The van der Waals surface area contributed by atoms with Gasteiger partial charge in [-0.2, -0.15) is 0 Å². The van der Waals surface area contributed by atoms with Crippen molar-refractivity contribution in [2.45, 2.75) is 19.4 Å². The summed E-state index contributed by atoms with van der Waals surface area (Å²) in [6.45, 7) is 4.13. The van der Waals surface area contributed by atoms with Crippen LogP contribution in [0.3, 0.4) is 0 Å². The lowest BCUT2D eigenvalue weighted by atomic mass is 9.98. The summed E-state index contributed by atoms with van der Waals surface area (Å²) in [5, 5.41) is 20.4. The zero-order valence-corrected chi connectivity index (χ0v) is 19.3. The largest absolute Gasteiger partial charge is 0.490 e. The predicted molar refractivity (Wildman–Crippen MR) is 131 cm³/mol. The molecular formula is C27H25N3O5. The Morgan fingerprint density at radius 1 is 1.09 bits per heavy atom. The van der Waals surface area contributed by atoms with Crippen molar-refractivity contribution in [1.82, 2.24) is 15.1 Å². The molecule has 5 aromatic rings. The van der Waals surface area contributed by atoms with Crippen molar-refractivity contribution < 1.29 is 23.1 Å². The van der Waals surface area contributed by atoms with Gasteiger partial charge in [0.05, 0.1) is 11.6 Å². The van der Waals surface area contributed by atoms with Crippen LogP contribution in [0.25, 0.3) is 39.2 Å². The lowest BCUT2D eigenvalue weighted by Crippen LogP contribution is -2.38. The van der Waals surface area contributed by atoms with E-state index in [4.69, 9.17) is 18.0 Å². The van der Waals surface area contributed by atoms with Crippen LogP contribution in [-0.4, -0.2) is 52.5 Å². The highest BCUT2D eigenvalue weighted by atomic mass is 16.5. The van der Waals surface area contributed by atoms with Gasteiger partial charge in [0.25, 0.3) is 5.89 Å². The van der Waals surface area contributed by atoms with E-state index in [-0.39, 0.29) is 6.61 Å². The molecule has 1 atom stereocenters. The molecule has 178 valence electrons. The highest BCUT2D eigenvalue weighted by Crippen LogP contribution is 2.33. The Labute approximate surface area is 201 Å². The highest BCUT2D eigenvalue weighted by Gasteiger charge is 2.19. The van der Waals surface area contributed by atoms with Crippen LogP contribution < -0.4 is 4.74 Å². The van der Waals surface area contributed by atoms with Crippen LogP contribution in [0.15, 0.2) is 74.1 Å². The van der Waals surface area contributed by atoms with E-state index in [0.29, 0.717) is 35.4 Å². The minimum Gasteiger partial charge on any atom is -0.490 e. The molecule has 0 fully saturated rings. The molecule has 6 rings (SSSR count). The Hall–Kier alpha value is -3.88. The quantitative estimate of drug-likeness (QED) is 0.352. The number of aryl methyl sites for hydroxylation is 1. The fourth-order valence-electron chi connectivity index (χ4n) is 4.50. The third-order valence-electron chi connectivity index (χ3n) is 6.27. The molecule has 1 N–H and O–H groups in total. The SMILES string of the molecule is Cc1nnc(-c2cc3c(OC[C@@H](O)CN4CC=C(c5ccc6occc6c5)CC4)cccc3o2)o1. The van der Waals surface area contributed by atoms with Crippen LogP contribution in [-0.2, 0) is 0 Å². The highest BCUT2D eigenvalue weighted by molar-refractivity contribution is 5.87. The Morgan fingerprint density at radius 2 is 2.03 bits per heavy atom. The summed E-state index contributed by atoms with van der Waals surface area (Å²) in [7, 11) is 0. The molecule has 0 bridgehead atoms. The molecule has 0 amide bonds. The first-order valence-electron chi connectivity index (χ1n) is 11.7. The van der Waals surface area contributed by atoms with Crippen LogP contribution in [0.4, 0.5) is 0 Å². The van der Waals surface area contributed by atoms with Gasteiger partial charge in [-0.3, -0.25) is 4.90 Å². The van der Waals surface area contributed by atoms with Crippen molar-refractivity contribution in [3.8, 4) is 17.4 Å². The van der Waals surface area contributed by atoms with Gasteiger partial charge in [0, 0.05) is 38.0 Å². The number of fused-ring (bicyclic) bond motifs is 2. The second kappa shape index (κ2) is 9.05. The fraction of sp³-hybridized carbons (Fsp3) is 0.259. The Kier molecular flexibility index (Phi) is 5.60. The van der Waals surface area contributed by atoms with Crippen LogP contribution in [0, 0.1) is 6.92 Å². The number of furan rings is 2. The van der Waals surface area contributed by atoms with Gasteiger partial charge >= 0.3 is 0 Å². The maximum Gasteiger partial charge on any atom is 0.283 e. The molecule has 3 aromatic heterocycles. The van der Waals surface area contributed by atoms with Crippen LogP contribution in [0.5, 0.6) is 5.75 Å². The summed E-state index contributed by atoms with van der Waals surface area (Å²) in [6.07, 6.45) is 4.27. The molecule has 8 heteroatoms. The van der Waals surface area contributed by atoms with Gasteiger partial charge in [-0.25, -0.2) is 0 Å². The van der Waals surface area contributed by atoms with E-state index < -0.39 is 6.10 Å². The average Bonchev–Trinajstić information content (AvgIpc) is 3.62. The Balaban J connectivity index is 1.07. The first-order valence-corrected chi connectivity index (χ1v) is 11.7. The summed E-state index contributed by atoms with van der Waals surface area (Å²) in [5.41, 5.74) is 4.12. The second-order valence-electron chi connectivity index (χ2n) is 8.78. The minimum atomic E-state index is -0.618. The molecule has 0 radical (unpaired) electrons. The third kappa shape index (κ3) is 4.45. The zero-order chi connectivity index (χ0) is 23.8. The maximum absolute atomic E-state index is 10.6. The number of benzene rings is 2. The Morgan fingerprint density at radius 3 is 2.86 bits per heavy atom. The molecule has 35 heavy (non-hydrogen) atoms. The van der Waals surface area contributed by atoms with E-state index in [9.17, 15) is 5.11 Å². The molecule has 1 aliphatic heterocycles. The van der Waals surface area contributed by atoms with E-state index in [1.54, 1.807) is 13.2 Å². The average molecular weight is 472 g/mol. The van der Waals surface area contributed by atoms with E-state index >= 15 is 0 Å². The third-order valence-corrected chi connectivity index (χ3v) is 6.27. The van der Waals surface area contributed by atoms with Crippen molar-refractivity contribution in [3.63, 3.8) is 0 Å². The van der Waals surface area contributed by atoms with E-state index in [1.807, 2.05) is 36.4 Å². The molecule has 1 aliphatic rings. The monoisotopic (exact) mass is 471 g/mol. The summed E-state index contributed by atoms with van der Waals surface area (Å²) in [6, 6.07) is 15.7. The van der Waals surface area contributed by atoms with Gasteiger partial charge in [0.15, 0.2) is 5.76 Å². The summed E-state index contributed by atoms with van der Waals surface area (Å²) >= 11 is 0. The van der Waals surface area contributed by atoms with Crippen molar-refractivity contribution in [2.75, 3.05) is 26.2 Å². The minimum absolute atomic E-state index is 0.184. The zero-order valence-electron chi connectivity index (χ0n) is 19.3. The van der Waals surface area contributed by atoms with Gasteiger partial charge in [-0.1, -0.05) is 18.2 Å². The van der Waals surface area contributed by atoms with E-state index in [1.165, 1.54) is 11.1 Å². The molecule has 0 aliphatic carbocycles. The molecule has 4 heterocycles. The molecule has 0 spiro atoms. The topological polar surface area (TPSA) is 97.9 Å². The number of hydrogen-bond acceptors (Lipinski definition) is 8. The van der Waals surface area contributed by atoms with E-state index in [0.717, 1.165) is 35.9 Å². The summed E-state index contributed by atoms with van der Waals surface area (Å²) in [5.74, 6) is 1.92. The van der Waals surface area contributed by atoms with Crippen molar-refractivity contribution in [1.29, 1.82) is 0 Å². The number of rotatable bonds is 7. The number of hydrogen-bond donors (Lipinski definition) is 1. The fourth-order valence-corrected chi connectivity index (χ4v) is 4.50. The van der Waals surface area contributed by atoms with Gasteiger partial charge in [0.2, 0.25) is 5.89 Å². The number of ether oxygens (including phenoxy) is 1. The molecule has 0 saturated carbocycles. The number of aromatic nitrogens is 2. The summed E-state index contributed by atoms with van der Waals surface area (Å²) < 4.78 is 22.7. The summed E-state index contributed by atoms with van der Waals surface area (Å²) in [4.78, 5) is 2.24. The van der Waals surface area contributed by atoms with Crippen molar-refractivity contribution in [3.05, 3.63) is 72.3 Å².